The van der Waals surface area contributed by atoms with E-state index in [9.17, 15) is 8.42 Å². The number of aromatic nitrogens is 1. The molecule has 1 fully saturated rings. The van der Waals surface area contributed by atoms with Gasteiger partial charge in [0.15, 0.2) is 0 Å². The molecule has 1 atom stereocenters. The highest BCUT2D eigenvalue weighted by Crippen LogP contribution is 2.23. The molecule has 1 aliphatic heterocycles. The second-order valence-corrected chi connectivity index (χ2v) is 7.48. The van der Waals surface area contributed by atoms with Crippen LogP contribution >= 0.6 is 0 Å². The molecule has 2 aromatic rings. The van der Waals surface area contributed by atoms with Crippen molar-refractivity contribution in [2.24, 2.45) is 5.92 Å². The third-order valence-corrected chi connectivity index (χ3v) is 5.99. The highest BCUT2D eigenvalue weighted by molar-refractivity contribution is 7.89. The van der Waals surface area contributed by atoms with Crippen LogP contribution in [0.4, 0.5) is 0 Å². The molecule has 6 heteroatoms. The molecule has 1 aromatic carbocycles. The summed E-state index contributed by atoms with van der Waals surface area (Å²) in [6.45, 7) is 4.22. The number of ether oxygens (including phenoxy) is 1. The largest absolute Gasteiger partial charge is 0.381 e. The van der Waals surface area contributed by atoms with Crippen molar-refractivity contribution in [2.45, 2.75) is 18.2 Å². The lowest BCUT2D eigenvalue weighted by Crippen LogP contribution is -2.35. The molecule has 0 saturated carbocycles. The van der Waals surface area contributed by atoms with Gasteiger partial charge >= 0.3 is 0 Å². The van der Waals surface area contributed by atoms with Crippen LogP contribution in [0.5, 0.6) is 0 Å². The van der Waals surface area contributed by atoms with Gasteiger partial charge in [-0.25, -0.2) is 8.42 Å². The zero-order valence-electron chi connectivity index (χ0n) is 12.6. The molecule has 0 aliphatic carbocycles. The van der Waals surface area contributed by atoms with Crippen molar-refractivity contribution in [2.75, 3.05) is 26.3 Å². The summed E-state index contributed by atoms with van der Waals surface area (Å²) >= 11 is 0. The minimum absolute atomic E-state index is 0.289. The molecule has 1 saturated heterocycles. The molecule has 0 spiro atoms. The van der Waals surface area contributed by atoms with Gasteiger partial charge < -0.3 is 4.74 Å². The summed E-state index contributed by atoms with van der Waals surface area (Å²) in [4.78, 5) is 4.56. The lowest BCUT2D eigenvalue weighted by atomic mass is 10.1. The van der Waals surface area contributed by atoms with Crippen LogP contribution in [0.15, 0.2) is 41.4 Å². The Hall–Kier alpha value is -1.50. The van der Waals surface area contributed by atoms with E-state index >= 15 is 0 Å². The number of hydrogen-bond donors (Lipinski definition) is 0. The van der Waals surface area contributed by atoms with Crippen molar-refractivity contribution < 1.29 is 13.2 Å². The molecule has 0 bridgehead atoms. The lowest BCUT2D eigenvalue weighted by molar-refractivity contribution is 0.181. The maximum absolute atomic E-state index is 12.9. The first-order chi connectivity index (χ1) is 10.6. The SMILES string of the molecule is CCN(C[C@H]1CCOC1)S(=O)(=O)c1ccc2ncccc2c1. The minimum Gasteiger partial charge on any atom is -0.381 e. The fourth-order valence-electron chi connectivity index (χ4n) is 2.78. The van der Waals surface area contributed by atoms with E-state index in [1.165, 1.54) is 0 Å². The number of sulfonamides is 1. The minimum atomic E-state index is -3.48. The number of fused-ring (bicyclic) bond motifs is 1. The summed E-state index contributed by atoms with van der Waals surface area (Å²) in [5.74, 6) is 0.289. The highest BCUT2D eigenvalue weighted by Gasteiger charge is 2.27. The molecular weight excluding hydrogens is 300 g/mol. The molecule has 22 heavy (non-hydrogen) atoms. The topological polar surface area (TPSA) is 59.5 Å². The van der Waals surface area contributed by atoms with E-state index in [1.54, 1.807) is 28.7 Å². The van der Waals surface area contributed by atoms with E-state index in [2.05, 4.69) is 4.98 Å². The molecule has 5 nitrogen and oxygen atoms in total. The third-order valence-electron chi connectivity index (χ3n) is 4.05. The van der Waals surface area contributed by atoms with Crippen LogP contribution < -0.4 is 0 Å². The summed E-state index contributed by atoms with van der Waals surface area (Å²) in [6, 6.07) is 8.79. The highest BCUT2D eigenvalue weighted by atomic mass is 32.2. The van der Waals surface area contributed by atoms with Crippen LogP contribution in [0.25, 0.3) is 10.9 Å². The van der Waals surface area contributed by atoms with Gasteiger partial charge in [-0.2, -0.15) is 4.31 Å². The average Bonchev–Trinajstić information content (AvgIpc) is 3.05. The number of pyridine rings is 1. The maximum atomic E-state index is 12.9. The van der Waals surface area contributed by atoms with E-state index in [1.807, 2.05) is 19.1 Å². The Bertz CT molecular complexity index is 755. The molecule has 0 radical (unpaired) electrons. The molecule has 0 unspecified atom stereocenters. The van der Waals surface area contributed by atoms with Gasteiger partial charge in [0.1, 0.15) is 0 Å². The first kappa shape index (κ1) is 15.4. The smallest absolute Gasteiger partial charge is 0.243 e. The second-order valence-electron chi connectivity index (χ2n) is 5.54. The molecule has 2 heterocycles. The predicted octanol–water partition coefficient (Wildman–Crippen LogP) is 2.28. The van der Waals surface area contributed by atoms with Gasteiger partial charge in [0.2, 0.25) is 10.0 Å². The molecule has 0 amide bonds. The van der Waals surface area contributed by atoms with Crippen LogP contribution in [0.3, 0.4) is 0 Å². The first-order valence-corrected chi connectivity index (χ1v) is 8.98. The first-order valence-electron chi connectivity index (χ1n) is 7.54. The van der Waals surface area contributed by atoms with Crippen LogP contribution in [-0.4, -0.2) is 44.0 Å². The van der Waals surface area contributed by atoms with Crippen LogP contribution in [0, 0.1) is 5.92 Å². The van der Waals surface area contributed by atoms with Crippen molar-refractivity contribution in [3.05, 3.63) is 36.5 Å². The third kappa shape index (κ3) is 2.99. The zero-order chi connectivity index (χ0) is 15.6. The number of hydrogen-bond acceptors (Lipinski definition) is 4. The number of benzene rings is 1. The molecule has 0 N–H and O–H groups in total. The van der Waals surface area contributed by atoms with Gasteiger partial charge in [-0.15, -0.1) is 0 Å². The van der Waals surface area contributed by atoms with Crippen molar-refractivity contribution >= 4 is 20.9 Å². The van der Waals surface area contributed by atoms with Gasteiger partial charge in [0, 0.05) is 31.3 Å². The van der Waals surface area contributed by atoms with Gasteiger partial charge in [0.05, 0.1) is 17.0 Å². The quantitative estimate of drug-likeness (QED) is 0.848. The van der Waals surface area contributed by atoms with E-state index in [-0.39, 0.29) is 5.92 Å². The molecule has 3 rings (SSSR count). The molecule has 1 aliphatic rings. The molecular formula is C16H20N2O3S. The van der Waals surface area contributed by atoms with Crippen LogP contribution in [0.2, 0.25) is 0 Å². The van der Waals surface area contributed by atoms with Crippen LogP contribution in [-0.2, 0) is 14.8 Å². The standard InChI is InChI=1S/C16H20N2O3S/c1-2-18(11-13-7-9-21-12-13)22(19,20)15-5-6-16-14(10-15)4-3-8-17-16/h3-6,8,10,13H,2,7,9,11-12H2,1H3/t13-/m1/s1. The van der Waals surface area contributed by atoms with Crippen LogP contribution in [0.1, 0.15) is 13.3 Å². The molecule has 1 aromatic heterocycles. The summed E-state index contributed by atoms with van der Waals surface area (Å²) in [5, 5.41) is 0.837. The summed E-state index contributed by atoms with van der Waals surface area (Å²) in [5.41, 5.74) is 0.800. The van der Waals surface area contributed by atoms with Crippen molar-refractivity contribution in [1.29, 1.82) is 0 Å². The van der Waals surface area contributed by atoms with E-state index in [0.717, 1.165) is 23.9 Å². The van der Waals surface area contributed by atoms with Gasteiger partial charge in [0.25, 0.3) is 0 Å². The zero-order valence-corrected chi connectivity index (χ0v) is 13.4. The summed E-state index contributed by atoms with van der Waals surface area (Å²) in [6.07, 6.45) is 2.63. The van der Waals surface area contributed by atoms with Crippen molar-refractivity contribution in [3.8, 4) is 0 Å². The Balaban J connectivity index is 1.91. The number of rotatable bonds is 5. The van der Waals surface area contributed by atoms with Gasteiger partial charge in [-0.05, 0) is 36.6 Å². The second kappa shape index (κ2) is 6.32. The van der Waals surface area contributed by atoms with Crippen molar-refractivity contribution in [3.63, 3.8) is 0 Å². The maximum Gasteiger partial charge on any atom is 0.243 e. The Morgan fingerprint density at radius 3 is 2.95 bits per heavy atom. The average molecular weight is 320 g/mol. The Morgan fingerprint density at radius 1 is 1.36 bits per heavy atom. The van der Waals surface area contributed by atoms with Crippen molar-refractivity contribution in [1.82, 2.24) is 9.29 Å². The monoisotopic (exact) mass is 320 g/mol. The predicted molar refractivity (Wildman–Crippen MR) is 85.1 cm³/mol. The lowest BCUT2D eigenvalue weighted by Gasteiger charge is -2.23. The normalized spacial score (nSPS) is 19.1. The molecule has 118 valence electrons. The Labute approximate surface area is 131 Å². The van der Waals surface area contributed by atoms with E-state index < -0.39 is 10.0 Å². The van der Waals surface area contributed by atoms with E-state index in [4.69, 9.17) is 4.74 Å². The summed E-state index contributed by atoms with van der Waals surface area (Å²) in [7, 11) is -3.48. The summed E-state index contributed by atoms with van der Waals surface area (Å²) < 4.78 is 32.6. The fourth-order valence-corrected chi connectivity index (χ4v) is 4.34. The van der Waals surface area contributed by atoms with Gasteiger partial charge in [-0.3, -0.25) is 4.98 Å². The van der Waals surface area contributed by atoms with Gasteiger partial charge in [-0.1, -0.05) is 13.0 Å². The van der Waals surface area contributed by atoms with E-state index in [0.29, 0.717) is 24.6 Å². The Morgan fingerprint density at radius 2 is 2.23 bits per heavy atom. The Kier molecular flexibility index (Phi) is 4.42. The fraction of sp³-hybridized carbons (Fsp3) is 0.438. The number of nitrogens with zero attached hydrogens (tertiary/aromatic N) is 2.